The average Bonchev–Trinajstić information content (AvgIpc) is 3.17. The fourth-order valence-corrected chi connectivity index (χ4v) is 2.96. The highest BCUT2D eigenvalue weighted by Crippen LogP contribution is 2.33. The highest BCUT2D eigenvalue weighted by molar-refractivity contribution is 5.19. The van der Waals surface area contributed by atoms with Crippen LogP contribution in [0.25, 0.3) is 0 Å². The minimum absolute atomic E-state index is 0.232. The summed E-state index contributed by atoms with van der Waals surface area (Å²) in [6.07, 6.45) is 5.18. The Labute approximate surface area is 126 Å². The fourth-order valence-electron chi connectivity index (χ4n) is 2.96. The molecule has 0 bridgehead atoms. The average molecular weight is 285 g/mol. The van der Waals surface area contributed by atoms with Crippen LogP contribution in [0.4, 0.5) is 0 Å². The van der Waals surface area contributed by atoms with Crippen molar-refractivity contribution in [3.8, 4) is 0 Å². The van der Waals surface area contributed by atoms with Gasteiger partial charge in [0.05, 0.1) is 12.6 Å². The molecule has 2 aromatic rings. The van der Waals surface area contributed by atoms with Gasteiger partial charge >= 0.3 is 0 Å². The second kappa shape index (κ2) is 6.87. The maximum Gasteiger partial charge on any atom is 0.0866 e. The fraction of sp³-hybridized carbons (Fsp3) is 0.471. The van der Waals surface area contributed by atoms with Gasteiger partial charge in [0.1, 0.15) is 0 Å². The smallest absolute Gasteiger partial charge is 0.0866 e. The van der Waals surface area contributed by atoms with Crippen molar-refractivity contribution in [1.29, 1.82) is 0 Å². The molecule has 1 aliphatic heterocycles. The van der Waals surface area contributed by atoms with Crippen LogP contribution in [0.2, 0.25) is 0 Å². The lowest BCUT2D eigenvalue weighted by Gasteiger charge is -2.22. The van der Waals surface area contributed by atoms with Crippen LogP contribution in [0, 0.1) is 5.92 Å². The topological polar surface area (TPSA) is 39.1 Å². The van der Waals surface area contributed by atoms with Crippen molar-refractivity contribution in [2.24, 2.45) is 5.92 Å². The molecule has 21 heavy (non-hydrogen) atoms. The number of rotatable bonds is 6. The van der Waals surface area contributed by atoms with Crippen LogP contribution in [-0.4, -0.2) is 29.0 Å². The molecule has 1 saturated heterocycles. The van der Waals surface area contributed by atoms with Crippen LogP contribution in [0.1, 0.15) is 25.0 Å². The lowest BCUT2D eigenvalue weighted by atomic mass is 9.95. The molecular weight excluding hydrogens is 262 g/mol. The van der Waals surface area contributed by atoms with Gasteiger partial charge < -0.3 is 10.1 Å². The van der Waals surface area contributed by atoms with Crippen LogP contribution in [-0.2, 0) is 11.3 Å². The van der Waals surface area contributed by atoms with Crippen molar-refractivity contribution in [1.82, 2.24) is 15.1 Å². The Morgan fingerprint density at radius 2 is 2.19 bits per heavy atom. The highest BCUT2D eigenvalue weighted by Gasteiger charge is 2.29. The zero-order valence-corrected chi connectivity index (χ0v) is 12.5. The van der Waals surface area contributed by atoms with Crippen molar-refractivity contribution in [2.45, 2.75) is 32.0 Å². The Bertz CT molecular complexity index is 526. The largest absolute Gasteiger partial charge is 0.373 e. The number of hydrogen-bond donors (Lipinski definition) is 1. The van der Waals surface area contributed by atoms with E-state index in [1.54, 1.807) is 0 Å². The van der Waals surface area contributed by atoms with E-state index < -0.39 is 0 Å². The Morgan fingerprint density at radius 1 is 1.33 bits per heavy atom. The third-order valence-corrected chi connectivity index (χ3v) is 4.09. The van der Waals surface area contributed by atoms with E-state index >= 15 is 0 Å². The Morgan fingerprint density at radius 3 is 2.95 bits per heavy atom. The number of nitrogens with zero attached hydrogens (tertiary/aromatic N) is 2. The SMILES string of the molecule is C[C@H](Cn1cccn1)NC[C@H]1CCO[C@@H]1c1ccccc1. The van der Waals surface area contributed by atoms with E-state index in [0.29, 0.717) is 12.0 Å². The normalized spacial score (nSPS) is 23.3. The summed E-state index contributed by atoms with van der Waals surface area (Å²) in [7, 11) is 0. The summed E-state index contributed by atoms with van der Waals surface area (Å²) in [6.45, 7) is 4.95. The molecule has 0 aliphatic carbocycles. The molecule has 1 aromatic heterocycles. The molecule has 1 aliphatic rings. The molecule has 4 nitrogen and oxygen atoms in total. The predicted molar refractivity (Wildman–Crippen MR) is 82.9 cm³/mol. The molecule has 1 fully saturated rings. The minimum atomic E-state index is 0.232. The Balaban J connectivity index is 1.52. The van der Waals surface area contributed by atoms with E-state index in [4.69, 9.17) is 4.74 Å². The van der Waals surface area contributed by atoms with Gasteiger partial charge in [0, 0.05) is 37.5 Å². The first-order valence-electron chi connectivity index (χ1n) is 7.70. The van der Waals surface area contributed by atoms with Crippen LogP contribution in [0.5, 0.6) is 0 Å². The standard InChI is InChI=1S/C17H23N3O/c1-14(13-20-10-5-9-19-20)18-12-16-8-11-21-17(16)15-6-3-2-4-7-15/h2-7,9-10,14,16-18H,8,11-13H2,1H3/t14-,16-,17-/m1/s1. The molecule has 1 N–H and O–H groups in total. The minimum Gasteiger partial charge on any atom is -0.373 e. The summed E-state index contributed by atoms with van der Waals surface area (Å²) in [5.74, 6) is 0.549. The van der Waals surface area contributed by atoms with Gasteiger partial charge in [-0.15, -0.1) is 0 Å². The van der Waals surface area contributed by atoms with Gasteiger partial charge in [-0.2, -0.15) is 5.10 Å². The summed E-state index contributed by atoms with van der Waals surface area (Å²) in [5.41, 5.74) is 1.29. The maximum atomic E-state index is 5.93. The van der Waals surface area contributed by atoms with Gasteiger partial charge in [-0.3, -0.25) is 4.68 Å². The highest BCUT2D eigenvalue weighted by atomic mass is 16.5. The second-order valence-corrected chi connectivity index (χ2v) is 5.79. The molecular formula is C17H23N3O. The van der Waals surface area contributed by atoms with Crippen LogP contribution >= 0.6 is 0 Å². The Hall–Kier alpha value is -1.65. The molecule has 0 radical (unpaired) electrons. The van der Waals surface area contributed by atoms with Gasteiger partial charge in [0.15, 0.2) is 0 Å². The van der Waals surface area contributed by atoms with Gasteiger partial charge in [0.25, 0.3) is 0 Å². The van der Waals surface area contributed by atoms with Crippen LogP contribution in [0.3, 0.4) is 0 Å². The zero-order valence-electron chi connectivity index (χ0n) is 12.5. The van der Waals surface area contributed by atoms with E-state index in [9.17, 15) is 0 Å². The molecule has 4 heteroatoms. The second-order valence-electron chi connectivity index (χ2n) is 5.79. The number of ether oxygens (including phenoxy) is 1. The molecule has 0 saturated carbocycles. The van der Waals surface area contributed by atoms with Crippen molar-refractivity contribution in [3.63, 3.8) is 0 Å². The lowest BCUT2D eigenvalue weighted by molar-refractivity contribution is 0.0897. The van der Waals surface area contributed by atoms with Crippen LogP contribution < -0.4 is 5.32 Å². The lowest BCUT2D eigenvalue weighted by Crippen LogP contribution is -2.35. The third kappa shape index (κ3) is 3.71. The number of nitrogens with one attached hydrogen (secondary N) is 1. The molecule has 1 aromatic carbocycles. The van der Waals surface area contributed by atoms with E-state index in [1.807, 2.05) is 23.1 Å². The van der Waals surface area contributed by atoms with Crippen molar-refractivity contribution >= 4 is 0 Å². The van der Waals surface area contributed by atoms with Gasteiger partial charge in [0.2, 0.25) is 0 Å². The maximum absolute atomic E-state index is 5.93. The molecule has 3 rings (SSSR count). The van der Waals surface area contributed by atoms with Gasteiger partial charge in [-0.25, -0.2) is 0 Å². The summed E-state index contributed by atoms with van der Waals surface area (Å²) in [4.78, 5) is 0. The van der Waals surface area contributed by atoms with Crippen molar-refractivity contribution in [2.75, 3.05) is 13.2 Å². The van der Waals surface area contributed by atoms with Gasteiger partial charge in [-0.05, 0) is 25.0 Å². The number of benzene rings is 1. The summed E-state index contributed by atoms with van der Waals surface area (Å²) < 4.78 is 7.90. The first-order valence-corrected chi connectivity index (χ1v) is 7.70. The van der Waals surface area contributed by atoms with E-state index in [1.165, 1.54) is 5.56 Å². The van der Waals surface area contributed by atoms with E-state index in [0.717, 1.165) is 26.1 Å². The summed E-state index contributed by atoms with van der Waals surface area (Å²) >= 11 is 0. The zero-order chi connectivity index (χ0) is 14.5. The Kier molecular flexibility index (Phi) is 4.68. The first-order chi connectivity index (χ1) is 10.3. The van der Waals surface area contributed by atoms with E-state index in [2.05, 4.69) is 47.7 Å². The summed E-state index contributed by atoms with van der Waals surface area (Å²) in [6, 6.07) is 12.9. The molecule has 0 unspecified atom stereocenters. The monoisotopic (exact) mass is 285 g/mol. The molecule has 0 amide bonds. The molecule has 112 valence electrons. The van der Waals surface area contributed by atoms with Gasteiger partial charge in [-0.1, -0.05) is 30.3 Å². The quantitative estimate of drug-likeness (QED) is 0.887. The van der Waals surface area contributed by atoms with Crippen molar-refractivity contribution < 1.29 is 4.74 Å². The number of aromatic nitrogens is 2. The molecule has 3 atom stereocenters. The number of hydrogen-bond acceptors (Lipinski definition) is 3. The summed E-state index contributed by atoms with van der Waals surface area (Å²) in [5, 5.41) is 7.87. The third-order valence-electron chi connectivity index (χ3n) is 4.09. The van der Waals surface area contributed by atoms with Crippen molar-refractivity contribution in [3.05, 3.63) is 54.4 Å². The van der Waals surface area contributed by atoms with Crippen LogP contribution in [0.15, 0.2) is 48.8 Å². The van der Waals surface area contributed by atoms with E-state index in [-0.39, 0.29) is 6.10 Å². The first kappa shape index (κ1) is 14.3. The molecule has 0 spiro atoms. The molecule has 2 heterocycles. The predicted octanol–water partition coefficient (Wildman–Crippen LogP) is 2.64.